The molecule has 98 valence electrons. The SMILES string of the molecule is CC(C)(C)OC(=O)NC1CC2CC1C(O)C2O. The first-order valence-electron chi connectivity index (χ1n) is 6.13. The standard InChI is InChI=1S/C12H21NO4/c1-12(2,3)17-11(16)13-8-5-6-4-7(8)10(15)9(6)14/h6-10,14-15H,4-5H2,1-3H3,(H,13,16). The highest BCUT2D eigenvalue weighted by Crippen LogP contribution is 2.44. The van der Waals surface area contributed by atoms with Gasteiger partial charge >= 0.3 is 6.09 Å². The van der Waals surface area contributed by atoms with Gasteiger partial charge in [0.1, 0.15) is 5.60 Å². The molecule has 0 aromatic heterocycles. The van der Waals surface area contributed by atoms with Crippen molar-refractivity contribution in [3.05, 3.63) is 0 Å². The van der Waals surface area contributed by atoms with Crippen molar-refractivity contribution in [2.45, 2.75) is 57.5 Å². The highest BCUT2D eigenvalue weighted by atomic mass is 16.6. The van der Waals surface area contributed by atoms with Crippen LogP contribution in [0.3, 0.4) is 0 Å². The van der Waals surface area contributed by atoms with Crippen LogP contribution in [0.5, 0.6) is 0 Å². The molecule has 5 unspecified atom stereocenters. The zero-order valence-electron chi connectivity index (χ0n) is 10.5. The van der Waals surface area contributed by atoms with Crippen LogP contribution in [-0.4, -0.2) is 40.2 Å². The van der Waals surface area contributed by atoms with Crippen LogP contribution in [-0.2, 0) is 4.74 Å². The number of amides is 1. The lowest BCUT2D eigenvalue weighted by atomic mass is 9.90. The van der Waals surface area contributed by atoms with Crippen molar-refractivity contribution in [2.24, 2.45) is 11.8 Å². The molecule has 5 heteroatoms. The van der Waals surface area contributed by atoms with E-state index in [2.05, 4.69) is 5.32 Å². The number of hydrogen-bond donors (Lipinski definition) is 3. The molecule has 2 bridgehead atoms. The fourth-order valence-electron chi connectivity index (χ4n) is 2.92. The van der Waals surface area contributed by atoms with Crippen molar-refractivity contribution in [3.8, 4) is 0 Å². The number of nitrogens with one attached hydrogen (secondary N) is 1. The molecule has 0 heterocycles. The van der Waals surface area contributed by atoms with Crippen LogP contribution in [0.15, 0.2) is 0 Å². The number of carbonyl (C=O) groups excluding carboxylic acids is 1. The lowest BCUT2D eigenvalue weighted by Crippen LogP contribution is -2.48. The summed E-state index contributed by atoms with van der Waals surface area (Å²) in [6.45, 7) is 5.43. The first-order valence-corrected chi connectivity index (χ1v) is 6.13. The predicted molar refractivity (Wildman–Crippen MR) is 61.4 cm³/mol. The molecule has 0 radical (unpaired) electrons. The van der Waals surface area contributed by atoms with E-state index in [1.807, 2.05) is 20.8 Å². The number of rotatable bonds is 1. The second kappa shape index (κ2) is 4.14. The Hall–Kier alpha value is -0.810. The topological polar surface area (TPSA) is 78.8 Å². The molecule has 1 amide bonds. The lowest BCUT2D eigenvalue weighted by Gasteiger charge is -2.31. The summed E-state index contributed by atoms with van der Waals surface area (Å²) in [5.74, 6) is 0.0671. The minimum absolute atomic E-state index is 0.0393. The third-order valence-electron chi connectivity index (χ3n) is 3.62. The third kappa shape index (κ3) is 2.55. The van der Waals surface area contributed by atoms with Crippen LogP contribution in [0.2, 0.25) is 0 Å². The normalized spacial score (nSPS) is 40.4. The smallest absolute Gasteiger partial charge is 0.407 e. The minimum atomic E-state index is -0.714. The van der Waals surface area contributed by atoms with E-state index in [1.54, 1.807) is 0 Å². The monoisotopic (exact) mass is 243 g/mol. The van der Waals surface area contributed by atoms with Crippen molar-refractivity contribution < 1.29 is 19.7 Å². The summed E-state index contributed by atoms with van der Waals surface area (Å²) in [5, 5.41) is 22.2. The third-order valence-corrected chi connectivity index (χ3v) is 3.62. The van der Waals surface area contributed by atoms with Gasteiger partial charge in [0.05, 0.1) is 12.2 Å². The molecule has 0 saturated heterocycles. The number of aliphatic hydroxyl groups excluding tert-OH is 2. The molecule has 5 atom stereocenters. The molecule has 2 aliphatic carbocycles. The molecule has 2 aliphatic rings. The van der Waals surface area contributed by atoms with Gasteiger partial charge in [-0.15, -0.1) is 0 Å². The summed E-state index contributed by atoms with van der Waals surface area (Å²) >= 11 is 0. The Labute approximate surface area is 101 Å². The number of aliphatic hydroxyl groups is 2. The number of alkyl carbamates (subject to hydrolysis) is 1. The molecular weight excluding hydrogens is 222 g/mol. The van der Waals surface area contributed by atoms with Gasteiger partial charge in [-0.3, -0.25) is 0 Å². The van der Waals surface area contributed by atoms with Gasteiger partial charge in [0.2, 0.25) is 0 Å². The number of fused-ring (bicyclic) bond motifs is 2. The molecule has 2 rings (SSSR count). The van der Waals surface area contributed by atoms with Crippen molar-refractivity contribution in [1.29, 1.82) is 0 Å². The number of carbonyl (C=O) groups is 1. The fourth-order valence-corrected chi connectivity index (χ4v) is 2.92. The Bertz CT molecular complexity index is 310. The lowest BCUT2D eigenvalue weighted by molar-refractivity contribution is -0.0275. The second-order valence-electron chi connectivity index (χ2n) is 6.13. The van der Waals surface area contributed by atoms with Crippen LogP contribution >= 0.6 is 0 Å². The van der Waals surface area contributed by atoms with E-state index in [9.17, 15) is 15.0 Å². The van der Waals surface area contributed by atoms with Gasteiger partial charge in [0, 0.05) is 12.0 Å². The molecule has 2 saturated carbocycles. The Kier molecular flexibility index (Phi) is 3.08. The Balaban J connectivity index is 1.88. The van der Waals surface area contributed by atoms with E-state index < -0.39 is 23.9 Å². The first-order chi connectivity index (χ1) is 7.78. The van der Waals surface area contributed by atoms with Crippen LogP contribution in [0.4, 0.5) is 4.79 Å². The summed E-state index contributed by atoms with van der Waals surface area (Å²) in [4.78, 5) is 11.6. The van der Waals surface area contributed by atoms with Gasteiger partial charge < -0.3 is 20.3 Å². The maximum Gasteiger partial charge on any atom is 0.407 e. The molecule has 0 spiro atoms. The van der Waals surface area contributed by atoms with E-state index in [0.29, 0.717) is 0 Å². The average Bonchev–Trinajstić information content (AvgIpc) is 2.65. The van der Waals surface area contributed by atoms with Crippen LogP contribution < -0.4 is 5.32 Å². The van der Waals surface area contributed by atoms with Crippen molar-refractivity contribution in [1.82, 2.24) is 5.32 Å². The van der Waals surface area contributed by atoms with Gasteiger partial charge in [0.15, 0.2) is 0 Å². The van der Waals surface area contributed by atoms with Crippen molar-refractivity contribution >= 4 is 6.09 Å². The minimum Gasteiger partial charge on any atom is -0.444 e. The summed E-state index contributed by atoms with van der Waals surface area (Å²) in [6, 6.07) is -0.0757. The Morgan fingerprint density at radius 2 is 1.88 bits per heavy atom. The van der Waals surface area contributed by atoms with Gasteiger partial charge in [-0.2, -0.15) is 0 Å². The summed E-state index contributed by atoms with van der Waals surface area (Å²) < 4.78 is 5.18. The van der Waals surface area contributed by atoms with Crippen molar-refractivity contribution in [3.63, 3.8) is 0 Å². The van der Waals surface area contributed by atoms with E-state index >= 15 is 0 Å². The number of ether oxygens (including phenoxy) is 1. The maximum atomic E-state index is 11.6. The molecule has 5 nitrogen and oxygen atoms in total. The van der Waals surface area contributed by atoms with Gasteiger partial charge in [-0.25, -0.2) is 4.79 Å². The molecular formula is C12H21NO4. The second-order valence-corrected chi connectivity index (χ2v) is 6.13. The highest BCUT2D eigenvalue weighted by molar-refractivity contribution is 5.68. The van der Waals surface area contributed by atoms with Crippen LogP contribution in [0, 0.1) is 11.8 Å². The van der Waals surface area contributed by atoms with Crippen LogP contribution in [0.1, 0.15) is 33.6 Å². The van der Waals surface area contributed by atoms with Gasteiger partial charge in [0.25, 0.3) is 0 Å². The average molecular weight is 243 g/mol. The summed E-state index contributed by atoms with van der Waals surface area (Å²) in [5.41, 5.74) is -0.514. The van der Waals surface area contributed by atoms with Gasteiger partial charge in [-0.05, 0) is 39.5 Å². The maximum absolute atomic E-state index is 11.6. The zero-order valence-corrected chi connectivity index (χ0v) is 10.5. The Morgan fingerprint density at radius 3 is 2.35 bits per heavy atom. The largest absolute Gasteiger partial charge is 0.444 e. The Morgan fingerprint density at radius 1 is 1.24 bits per heavy atom. The fraction of sp³-hybridized carbons (Fsp3) is 0.917. The highest BCUT2D eigenvalue weighted by Gasteiger charge is 2.52. The predicted octanol–water partition coefficient (Wildman–Crippen LogP) is 0.641. The van der Waals surface area contributed by atoms with E-state index in [-0.39, 0.29) is 17.9 Å². The molecule has 3 N–H and O–H groups in total. The summed E-state index contributed by atoms with van der Waals surface area (Å²) in [7, 11) is 0. The van der Waals surface area contributed by atoms with Crippen molar-refractivity contribution in [2.75, 3.05) is 0 Å². The first kappa shape index (κ1) is 12.6. The molecule has 17 heavy (non-hydrogen) atoms. The number of hydrogen-bond acceptors (Lipinski definition) is 4. The zero-order chi connectivity index (χ0) is 12.8. The van der Waals surface area contributed by atoms with Crippen LogP contribution in [0.25, 0.3) is 0 Å². The van der Waals surface area contributed by atoms with E-state index in [4.69, 9.17) is 4.74 Å². The van der Waals surface area contributed by atoms with E-state index in [0.717, 1.165) is 12.8 Å². The molecule has 0 aliphatic heterocycles. The quantitative estimate of drug-likeness (QED) is 0.631. The molecule has 0 aromatic rings. The summed E-state index contributed by atoms with van der Waals surface area (Å²) in [6.07, 6.45) is -0.285. The molecule has 2 fully saturated rings. The molecule has 0 aromatic carbocycles. The van der Waals surface area contributed by atoms with Gasteiger partial charge in [-0.1, -0.05) is 0 Å². The van der Waals surface area contributed by atoms with E-state index in [1.165, 1.54) is 0 Å².